The normalized spacial score (nSPS) is 14.2. The summed E-state index contributed by atoms with van der Waals surface area (Å²) in [5.41, 5.74) is 5.58. The van der Waals surface area contributed by atoms with Crippen molar-refractivity contribution in [3.8, 4) is 11.5 Å². The fraction of sp³-hybridized carbons (Fsp3) is 0.303. The Labute approximate surface area is 286 Å². The number of nitrogens with one attached hydrogen (secondary N) is 2. The van der Waals surface area contributed by atoms with E-state index in [0.29, 0.717) is 48.4 Å². The number of anilines is 2. The number of carbonyl (C=O) groups excluding carboxylic acids is 1. The predicted molar refractivity (Wildman–Crippen MR) is 186 cm³/mol. The second-order valence-electron chi connectivity index (χ2n) is 10.7. The first kappa shape index (κ1) is 33.2. The molecule has 1 aliphatic rings. The summed E-state index contributed by atoms with van der Waals surface area (Å²) in [5, 5.41) is 13.0. The number of unbranched alkanes of at least 4 members (excludes halogenated alkanes) is 1. The van der Waals surface area contributed by atoms with Gasteiger partial charge in [-0.3, -0.25) is 4.79 Å². The van der Waals surface area contributed by atoms with Gasteiger partial charge in [0.15, 0.2) is 11.5 Å². The summed E-state index contributed by atoms with van der Waals surface area (Å²) >= 11 is 17.8. The van der Waals surface area contributed by atoms with Gasteiger partial charge >= 0.3 is 0 Å². The average molecular weight is 732 g/mol. The van der Waals surface area contributed by atoms with E-state index in [4.69, 9.17) is 42.8 Å². The number of hydrogen-bond donors (Lipinski definition) is 2. The van der Waals surface area contributed by atoms with Crippen LogP contribution in [0.5, 0.6) is 11.5 Å². The van der Waals surface area contributed by atoms with Crippen molar-refractivity contribution in [1.82, 2.24) is 14.8 Å². The minimum Gasteiger partial charge on any atom is -0.493 e. The molecule has 45 heavy (non-hydrogen) atoms. The zero-order chi connectivity index (χ0) is 32.2. The molecule has 2 heterocycles. The number of allylic oxidation sites excluding steroid dienone is 1. The van der Waals surface area contributed by atoms with E-state index in [1.807, 2.05) is 57.2 Å². The molecule has 1 unspecified atom stereocenters. The Morgan fingerprint density at radius 3 is 2.69 bits per heavy atom. The standard InChI is InChI=1S/C33H34BrCl2N5O3S/c1-6-7-13-45-33-39-32-37-20(4)28(31(42)38-26-10-8-9-18(2)19(26)3)29(41(32)40-33)22-14-24(34)30(27(15-22)43-5)44-17-21-11-12-23(35)16-25(21)36/h8-12,14-16,29H,6-7,13,17H2,1-5H3,(H,38,42)(H,37,39,40). The summed E-state index contributed by atoms with van der Waals surface area (Å²) in [5.74, 6) is 2.20. The molecule has 1 aromatic heterocycles. The van der Waals surface area contributed by atoms with E-state index >= 15 is 0 Å². The van der Waals surface area contributed by atoms with Crippen LogP contribution in [0.3, 0.4) is 0 Å². The molecular formula is C33H34BrCl2N5O3S. The highest BCUT2D eigenvalue weighted by Gasteiger charge is 2.35. The van der Waals surface area contributed by atoms with Crippen molar-refractivity contribution < 1.29 is 14.3 Å². The van der Waals surface area contributed by atoms with Gasteiger partial charge in [0.2, 0.25) is 11.1 Å². The van der Waals surface area contributed by atoms with E-state index in [9.17, 15) is 4.79 Å². The van der Waals surface area contributed by atoms with E-state index in [-0.39, 0.29) is 12.5 Å². The lowest BCUT2D eigenvalue weighted by molar-refractivity contribution is -0.113. The summed E-state index contributed by atoms with van der Waals surface area (Å²) in [6, 6.07) is 14.3. The Morgan fingerprint density at radius 2 is 1.96 bits per heavy atom. The van der Waals surface area contributed by atoms with Crippen molar-refractivity contribution in [3.63, 3.8) is 0 Å². The van der Waals surface area contributed by atoms with E-state index in [2.05, 4.69) is 33.5 Å². The topological polar surface area (TPSA) is 90.3 Å². The van der Waals surface area contributed by atoms with Gasteiger partial charge < -0.3 is 20.1 Å². The molecule has 0 saturated heterocycles. The molecule has 0 bridgehead atoms. The van der Waals surface area contributed by atoms with E-state index in [0.717, 1.165) is 46.5 Å². The van der Waals surface area contributed by atoms with Crippen LogP contribution in [0.15, 0.2) is 69.4 Å². The molecule has 8 nitrogen and oxygen atoms in total. The van der Waals surface area contributed by atoms with Crippen LogP contribution in [0.4, 0.5) is 11.6 Å². The summed E-state index contributed by atoms with van der Waals surface area (Å²) in [7, 11) is 1.58. The minimum atomic E-state index is -0.607. The number of methoxy groups -OCH3 is 1. The first-order chi connectivity index (χ1) is 21.6. The van der Waals surface area contributed by atoms with E-state index in [1.165, 1.54) is 0 Å². The fourth-order valence-corrected chi connectivity index (χ4v) is 6.95. The number of halogens is 3. The zero-order valence-electron chi connectivity index (χ0n) is 25.6. The highest BCUT2D eigenvalue weighted by atomic mass is 79.9. The third-order valence-corrected chi connectivity index (χ3v) is 9.71. The molecule has 0 spiro atoms. The molecule has 12 heteroatoms. The predicted octanol–water partition coefficient (Wildman–Crippen LogP) is 9.37. The summed E-state index contributed by atoms with van der Waals surface area (Å²) in [6.45, 7) is 8.25. The molecule has 5 rings (SSSR count). The Bertz CT molecular complexity index is 1780. The summed E-state index contributed by atoms with van der Waals surface area (Å²) in [4.78, 5) is 18.9. The van der Waals surface area contributed by atoms with Crippen molar-refractivity contribution in [2.45, 2.75) is 58.3 Å². The maximum Gasteiger partial charge on any atom is 0.255 e. The number of fused-ring (bicyclic) bond motifs is 1. The number of hydrogen-bond acceptors (Lipinski definition) is 7. The highest BCUT2D eigenvalue weighted by Crippen LogP contribution is 2.44. The Kier molecular flexibility index (Phi) is 10.7. The Hall–Kier alpha value is -3.18. The van der Waals surface area contributed by atoms with Gasteiger partial charge in [0.25, 0.3) is 5.91 Å². The largest absolute Gasteiger partial charge is 0.493 e. The maximum atomic E-state index is 14.1. The molecule has 1 amide bonds. The van der Waals surface area contributed by atoms with Crippen LogP contribution >= 0.6 is 50.9 Å². The molecule has 2 N–H and O–H groups in total. The van der Waals surface area contributed by atoms with Gasteiger partial charge in [-0.25, -0.2) is 4.68 Å². The lowest BCUT2D eigenvalue weighted by atomic mass is 9.94. The lowest BCUT2D eigenvalue weighted by Gasteiger charge is -2.29. The highest BCUT2D eigenvalue weighted by molar-refractivity contribution is 9.10. The maximum absolute atomic E-state index is 14.1. The van der Waals surface area contributed by atoms with Crippen molar-refractivity contribution >= 4 is 68.4 Å². The second-order valence-corrected chi connectivity index (χ2v) is 13.5. The molecule has 4 aromatic rings. The molecular weight excluding hydrogens is 697 g/mol. The van der Waals surface area contributed by atoms with E-state index in [1.54, 1.807) is 35.7 Å². The lowest BCUT2D eigenvalue weighted by Crippen LogP contribution is -2.31. The van der Waals surface area contributed by atoms with Crippen molar-refractivity contribution in [2.75, 3.05) is 23.5 Å². The molecule has 0 aliphatic carbocycles. The monoisotopic (exact) mass is 729 g/mol. The average Bonchev–Trinajstić information content (AvgIpc) is 3.40. The molecule has 3 aromatic carbocycles. The molecule has 0 fully saturated rings. The van der Waals surface area contributed by atoms with Gasteiger partial charge in [-0.05, 0) is 90.1 Å². The number of nitrogens with zero attached hydrogens (tertiary/aromatic N) is 3. The van der Waals surface area contributed by atoms with Gasteiger partial charge in [0.05, 0.1) is 17.2 Å². The van der Waals surface area contributed by atoms with Gasteiger partial charge in [-0.2, -0.15) is 4.98 Å². The molecule has 1 aliphatic heterocycles. The van der Waals surface area contributed by atoms with Crippen LogP contribution in [0, 0.1) is 13.8 Å². The smallest absolute Gasteiger partial charge is 0.255 e. The third-order valence-electron chi connectivity index (χ3n) is 7.61. The van der Waals surface area contributed by atoms with Gasteiger partial charge in [-0.15, -0.1) is 5.10 Å². The SMILES string of the molecule is CCCCSc1nc2n(n1)C(c1cc(Br)c(OCc3ccc(Cl)cc3Cl)c(OC)c1)C(C(=O)Nc1cccc(C)c1C)=C(C)N2. The van der Waals surface area contributed by atoms with Crippen molar-refractivity contribution in [1.29, 1.82) is 0 Å². The Balaban J connectivity index is 1.55. The first-order valence-corrected chi connectivity index (χ1v) is 17.0. The Morgan fingerprint density at radius 1 is 1.16 bits per heavy atom. The van der Waals surface area contributed by atoms with E-state index < -0.39 is 6.04 Å². The van der Waals surface area contributed by atoms with Crippen LogP contribution in [-0.4, -0.2) is 33.5 Å². The number of thioether (sulfide) groups is 1. The number of aromatic nitrogens is 3. The molecule has 236 valence electrons. The molecule has 1 atom stereocenters. The number of rotatable bonds is 11. The number of aryl methyl sites for hydroxylation is 1. The van der Waals surface area contributed by atoms with Crippen molar-refractivity contribution in [2.24, 2.45) is 0 Å². The van der Waals surface area contributed by atoms with Crippen LogP contribution in [-0.2, 0) is 11.4 Å². The van der Waals surface area contributed by atoms with Crippen LogP contribution in [0.25, 0.3) is 0 Å². The summed E-state index contributed by atoms with van der Waals surface area (Å²) in [6.07, 6.45) is 2.14. The van der Waals surface area contributed by atoms with Crippen LogP contribution < -0.4 is 20.1 Å². The number of ether oxygens (including phenoxy) is 2. The number of amides is 1. The first-order valence-electron chi connectivity index (χ1n) is 14.5. The van der Waals surface area contributed by atoms with Gasteiger partial charge in [0, 0.05) is 32.7 Å². The zero-order valence-corrected chi connectivity index (χ0v) is 29.5. The molecule has 0 saturated carbocycles. The second kappa shape index (κ2) is 14.5. The molecule has 0 radical (unpaired) electrons. The fourth-order valence-electron chi connectivity index (χ4n) is 5.01. The summed E-state index contributed by atoms with van der Waals surface area (Å²) < 4.78 is 14.4. The van der Waals surface area contributed by atoms with Gasteiger partial charge in [-0.1, -0.05) is 66.5 Å². The van der Waals surface area contributed by atoms with Crippen molar-refractivity contribution in [3.05, 3.63) is 96.6 Å². The van der Waals surface area contributed by atoms with Crippen LogP contribution in [0.1, 0.15) is 55.0 Å². The third kappa shape index (κ3) is 7.30. The minimum absolute atomic E-state index is 0.200. The number of carbonyl (C=O) groups is 1. The number of benzene rings is 3. The quantitative estimate of drug-likeness (QED) is 0.117. The van der Waals surface area contributed by atoms with Crippen LogP contribution in [0.2, 0.25) is 10.0 Å². The van der Waals surface area contributed by atoms with Gasteiger partial charge in [0.1, 0.15) is 12.6 Å².